The van der Waals surface area contributed by atoms with Crippen molar-refractivity contribution in [2.45, 2.75) is 20.3 Å². The normalized spacial score (nSPS) is 14.2. The molecular formula is C25H24N4O4. The SMILES string of the molecule is CCc1ccc(Oc2nc3c(C)cccn3c(=O)c2/C=C(\C#N)C(=O)N2CCOCC2)cc1. The molecule has 2 aromatic heterocycles. The lowest BCUT2D eigenvalue weighted by molar-refractivity contribution is -0.130. The minimum atomic E-state index is -0.451. The second-order valence-corrected chi connectivity index (χ2v) is 7.69. The van der Waals surface area contributed by atoms with Gasteiger partial charge in [0.05, 0.1) is 13.2 Å². The number of aryl methyl sites for hydroxylation is 2. The molecule has 4 rings (SSSR count). The number of morpholine rings is 1. The summed E-state index contributed by atoms with van der Waals surface area (Å²) in [5, 5.41) is 9.71. The molecule has 0 spiro atoms. The van der Waals surface area contributed by atoms with E-state index < -0.39 is 11.5 Å². The summed E-state index contributed by atoms with van der Waals surface area (Å²) < 4.78 is 12.7. The fraction of sp³-hybridized carbons (Fsp3) is 0.280. The average Bonchev–Trinajstić information content (AvgIpc) is 2.85. The van der Waals surface area contributed by atoms with Crippen LogP contribution in [0.25, 0.3) is 11.7 Å². The molecule has 0 saturated carbocycles. The Labute approximate surface area is 191 Å². The molecule has 1 amide bonds. The Hall–Kier alpha value is -3.96. The van der Waals surface area contributed by atoms with Gasteiger partial charge in [-0.15, -0.1) is 0 Å². The van der Waals surface area contributed by atoms with Gasteiger partial charge in [-0.05, 0) is 48.7 Å². The van der Waals surface area contributed by atoms with E-state index in [1.165, 1.54) is 10.5 Å². The number of amides is 1. The minimum absolute atomic E-state index is 0.0378. The summed E-state index contributed by atoms with van der Waals surface area (Å²) >= 11 is 0. The molecule has 1 saturated heterocycles. The Kier molecular flexibility index (Phi) is 6.52. The van der Waals surface area contributed by atoms with Crippen molar-refractivity contribution in [2.24, 2.45) is 0 Å². The number of nitrogens with zero attached hydrogens (tertiary/aromatic N) is 4. The lowest BCUT2D eigenvalue weighted by atomic mass is 10.1. The summed E-state index contributed by atoms with van der Waals surface area (Å²) in [5.74, 6) is 0.0959. The highest BCUT2D eigenvalue weighted by Crippen LogP contribution is 2.25. The van der Waals surface area contributed by atoms with E-state index in [1.807, 2.05) is 31.2 Å². The Bertz CT molecular complexity index is 1310. The third kappa shape index (κ3) is 4.64. The van der Waals surface area contributed by atoms with E-state index >= 15 is 0 Å². The largest absolute Gasteiger partial charge is 0.438 e. The monoisotopic (exact) mass is 444 g/mol. The van der Waals surface area contributed by atoms with Crippen LogP contribution >= 0.6 is 0 Å². The first kappa shape index (κ1) is 22.2. The number of fused-ring (bicyclic) bond motifs is 1. The van der Waals surface area contributed by atoms with Gasteiger partial charge in [0.2, 0.25) is 5.88 Å². The third-order valence-electron chi connectivity index (χ3n) is 5.53. The number of nitriles is 1. The van der Waals surface area contributed by atoms with Crippen LogP contribution in [0.4, 0.5) is 0 Å². The van der Waals surface area contributed by atoms with Gasteiger partial charge in [-0.2, -0.15) is 10.2 Å². The fourth-order valence-electron chi connectivity index (χ4n) is 3.62. The van der Waals surface area contributed by atoms with Crippen LogP contribution in [0.15, 0.2) is 53.0 Å². The van der Waals surface area contributed by atoms with Crippen molar-refractivity contribution >= 4 is 17.6 Å². The molecule has 0 radical (unpaired) electrons. The van der Waals surface area contributed by atoms with Crippen LogP contribution in [0.2, 0.25) is 0 Å². The Morgan fingerprint density at radius 2 is 1.97 bits per heavy atom. The topological polar surface area (TPSA) is 96.9 Å². The Balaban J connectivity index is 1.84. The van der Waals surface area contributed by atoms with Crippen molar-refractivity contribution in [1.82, 2.24) is 14.3 Å². The zero-order valence-corrected chi connectivity index (χ0v) is 18.6. The molecular weight excluding hydrogens is 420 g/mol. The fourth-order valence-corrected chi connectivity index (χ4v) is 3.62. The van der Waals surface area contributed by atoms with Gasteiger partial charge in [-0.25, -0.2) is 0 Å². The van der Waals surface area contributed by atoms with E-state index in [0.717, 1.165) is 17.5 Å². The predicted molar refractivity (Wildman–Crippen MR) is 123 cm³/mol. The quantitative estimate of drug-likeness (QED) is 0.443. The molecule has 0 aliphatic carbocycles. The average molecular weight is 444 g/mol. The summed E-state index contributed by atoms with van der Waals surface area (Å²) in [6, 6.07) is 13.0. The molecule has 33 heavy (non-hydrogen) atoms. The van der Waals surface area contributed by atoms with Gasteiger partial charge >= 0.3 is 0 Å². The van der Waals surface area contributed by atoms with Gasteiger partial charge in [0.1, 0.15) is 28.6 Å². The number of hydrogen-bond acceptors (Lipinski definition) is 6. The molecule has 168 valence electrons. The number of carbonyl (C=O) groups excluding carboxylic acids is 1. The molecule has 1 aromatic carbocycles. The van der Waals surface area contributed by atoms with E-state index in [1.54, 1.807) is 29.3 Å². The molecule has 1 aliphatic heterocycles. The van der Waals surface area contributed by atoms with Crippen LogP contribution in [0.3, 0.4) is 0 Å². The van der Waals surface area contributed by atoms with Gasteiger partial charge in [0.25, 0.3) is 11.5 Å². The summed E-state index contributed by atoms with van der Waals surface area (Å²) in [6.45, 7) is 5.50. The molecule has 1 aliphatic rings. The molecule has 0 N–H and O–H groups in total. The molecule has 0 unspecified atom stereocenters. The van der Waals surface area contributed by atoms with Crippen molar-refractivity contribution in [3.05, 3.63) is 75.2 Å². The van der Waals surface area contributed by atoms with Crippen LogP contribution in [0.1, 0.15) is 23.6 Å². The van der Waals surface area contributed by atoms with Crippen LogP contribution in [-0.2, 0) is 16.0 Å². The second-order valence-electron chi connectivity index (χ2n) is 7.69. The minimum Gasteiger partial charge on any atom is -0.438 e. The van der Waals surface area contributed by atoms with Gasteiger partial charge < -0.3 is 14.4 Å². The zero-order chi connectivity index (χ0) is 23.4. The number of carbonyl (C=O) groups is 1. The summed E-state index contributed by atoms with van der Waals surface area (Å²) in [7, 11) is 0. The zero-order valence-electron chi connectivity index (χ0n) is 18.6. The first-order chi connectivity index (χ1) is 16.0. The van der Waals surface area contributed by atoms with Crippen molar-refractivity contribution in [3.8, 4) is 17.7 Å². The summed E-state index contributed by atoms with van der Waals surface area (Å²) in [4.78, 5) is 32.4. The smallest absolute Gasteiger partial charge is 0.269 e. The van der Waals surface area contributed by atoms with Crippen LogP contribution in [0.5, 0.6) is 11.6 Å². The maximum atomic E-state index is 13.4. The molecule has 0 bridgehead atoms. The highest BCUT2D eigenvalue weighted by Gasteiger charge is 2.23. The number of ether oxygens (including phenoxy) is 2. The first-order valence-electron chi connectivity index (χ1n) is 10.8. The maximum absolute atomic E-state index is 13.4. The van der Waals surface area contributed by atoms with E-state index in [4.69, 9.17) is 9.47 Å². The number of benzene rings is 1. The molecule has 8 heteroatoms. The second kappa shape index (κ2) is 9.67. The van der Waals surface area contributed by atoms with E-state index in [2.05, 4.69) is 11.9 Å². The standard InChI is InChI=1S/C25H24N4O4/c1-3-18-6-8-20(9-7-18)33-23-21(25(31)29-10-4-5-17(2)22(29)27-23)15-19(16-26)24(30)28-11-13-32-14-12-28/h4-10,15H,3,11-14H2,1-2H3/b19-15+. The highest BCUT2D eigenvalue weighted by atomic mass is 16.5. The lowest BCUT2D eigenvalue weighted by Crippen LogP contribution is -2.41. The lowest BCUT2D eigenvalue weighted by Gasteiger charge is -2.26. The molecule has 8 nitrogen and oxygen atoms in total. The number of aromatic nitrogens is 2. The summed E-state index contributed by atoms with van der Waals surface area (Å²) in [5.41, 5.74) is 1.84. The van der Waals surface area contributed by atoms with Gasteiger partial charge in [0, 0.05) is 19.3 Å². The van der Waals surface area contributed by atoms with Crippen molar-refractivity contribution < 1.29 is 14.3 Å². The van der Waals surface area contributed by atoms with Crippen LogP contribution in [0, 0.1) is 18.3 Å². The number of hydrogen-bond donors (Lipinski definition) is 0. The molecule has 1 fully saturated rings. The Morgan fingerprint density at radius 3 is 2.64 bits per heavy atom. The number of pyridine rings is 1. The van der Waals surface area contributed by atoms with Crippen molar-refractivity contribution in [1.29, 1.82) is 5.26 Å². The molecule has 0 atom stereocenters. The number of rotatable bonds is 5. The van der Waals surface area contributed by atoms with E-state index in [-0.39, 0.29) is 17.0 Å². The first-order valence-corrected chi connectivity index (χ1v) is 10.8. The van der Waals surface area contributed by atoms with Crippen molar-refractivity contribution in [2.75, 3.05) is 26.3 Å². The van der Waals surface area contributed by atoms with E-state index in [0.29, 0.717) is 37.7 Å². The predicted octanol–water partition coefficient (Wildman–Crippen LogP) is 3.12. The third-order valence-corrected chi connectivity index (χ3v) is 5.53. The van der Waals surface area contributed by atoms with Gasteiger partial charge in [-0.1, -0.05) is 25.1 Å². The summed E-state index contributed by atoms with van der Waals surface area (Å²) in [6.07, 6.45) is 3.76. The maximum Gasteiger partial charge on any atom is 0.269 e. The molecule has 3 aromatic rings. The van der Waals surface area contributed by atoms with Crippen LogP contribution < -0.4 is 10.3 Å². The van der Waals surface area contributed by atoms with Gasteiger partial charge in [-0.3, -0.25) is 14.0 Å². The van der Waals surface area contributed by atoms with Gasteiger partial charge in [0.15, 0.2) is 0 Å². The van der Waals surface area contributed by atoms with Crippen molar-refractivity contribution in [3.63, 3.8) is 0 Å². The molecule has 3 heterocycles. The Morgan fingerprint density at radius 1 is 1.24 bits per heavy atom. The highest BCUT2D eigenvalue weighted by molar-refractivity contribution is 6.02. The van der Waals surface area contributed by atoms with Crippen LogP contribution in [-0.4, -0.2) is 46.5 Å². The van der Waals surface area contributed by atoms with E-state index in [9.17, 15) is 14.9 Å².